The fourth-order valence-corrected chi connectivity index (χ4v) is 2.01. The summed E-state index contributed by atoms with van der Waals surface area (Å²) in [5.74, 6) is 1.50. The molecule has 118 valence electrons. The van der Waals surface area contributed by atoms with E-state index in [9.17, 15) is 0 Å². The zero-order chi connectivity index (χ0) is 15.7. The van der Waals surface area contributed by atoms with E-state index < -0.39 is 0 Å². The molecule has 0 aliphatic carbocycles. The highest BCUT2D eigenvalue weighted by molar-refractivity contribution is 5.79. The van der Waals surface area contributed by atoms with Crippen LogP contribution in [-0.4, -0.2) is 38.0 Å². The molecule has 0 bridgehead atoms. The lowest BCUT2D eigenvalue weighted by molar-refractivity contribution is 0.401. The van der Waals surface area contributed by atoms with Gasteiger partial charge in [-0.1, -0.05) is 38.1 Å². The zero-order valence-corrected chi connectivity index (χ0v) is 14.1. The molecule has 0 saturated carbocycles. The van der Waals surface area contributed by atoms with E-state index in [0.29, 0.717) is 12.5 Å². The van der Waals surface area contributed by atoms with Crippen molar-refractivity contribution < 1.29 is 0 Å². The molecule has 0 radical (unpaired) electrons. The second-order valence-electron chi connectivity index (χ2n) is 5.98. The van der Waals surface area contributed by atoms with Crippen molar-refractivity contribution in [2.75, 3.05) is 27.2 Å². The molecule has 0 atom stereocenters. The van der Waals surface area contributed by atoms with Crippen LogP contribution in [0, 0.1) is 5.92 Å². The summed E-state index contributed by atoms with van der Waals surface area (Å²) in [6.07, 6.45) is 0. The van der Waals surface area contributed by atoms with Crippen molar-refractivity contribution in [2.24, 2.45) is 10.9 Å². The van der Waals surface area contributed by atoms with Gasteiger partial charge in [0.05, 0.1) is 6.54 Å². The van der Waals surface area contributed by atoms with E-state index in [0.717, 1.165) is 25.6 Å². The lowest BCUT2D eigenvalue weighted by Crippen LogP contribution is -2.39. The van der Waals surface area contributed by atoms with Gasteiger partial charge in [-0.2, -0.15) is 0 Å². The molecule has 2 N–H and O–H groups in total. The Hall–Kier alpha value is -1.55. The summed E-state index contributed by atoms with van der Waals surface area (Å²) in [5.41, 5.74) is 2.62. The molecule has 0 unspecified atom stereocenters. The molecular formula is C17H30N4. The highest BCUT2D eigenvalue weighted by Gasteiger charge is 2.04. The number of nitrogens with zero attached hydrogens (tertiary/aromatic N) is 2. The molecule has 0 heterocycles. The Labute approximate surface area is 129 Å². The number of nitrogens with one attached hydrogen (secondary N) is 2. The normalized spacial score (nSPS) is 12.0. The molecule has 4 heteroatoms. The highest BCUT2D eigenvalue weighted by Crippen LogP contribution is 2.11. The Morgan fingerprint density at radius 1 is 1.14 bits per heavy atom. The molecule has 4 nitrogen and oxygen atoms in total. The summed E-state index contributed by atoms with van der Waals surface area (Å²) in [5, 5.41) is 6.68. The maximum absolute atomic E-state index is 4.70. The van der Waals surface area contributed by atoms with Crippen LogP contribution in [0.5, 0.6) is 0 Å². The molecule has 0 saturated heterocycles. The van der Waals surface area contributed by atoms with E-state index in [-0.39, 0.29) is 0 Å². The van der Waals surface area contributed by atoms with E-state index in [1.54, 1.807) is 0 Å². The van der Waals surface area contributed by atoms with Crippen molar-refractivity contribution in [1.29, 1.82) is 0 Å². The molecule has 1 aromatic rings. The first-order valence-electron chi connectivity index (χ1n) is 7.76. The van der Waals surface area contributed by atoms with E-state index in [4.69, 9.17) is 4.99 Å². The number of rotatable bonds is 7. The van der Waals surface area contributed by atoms with Crippen molar-refractivity contribution in [3.05, 3.63) is 35.4 Å². The summed E-state index contributed by atoms with van der Waals surface area (Å²) in [6.45, 7) is 9.95. The molecular weight excluding hydrogens is 260 g/mol. The van der Waals surface area contributed by atoms with Gasteiger partial charge in [-0.05, 0) is 38.1 Å². The van der Waals surface area contributed by atoms with Crippen molar-refractivity contribution >= 4 is 5.96 Å². The maximum atomic E-state index is 4.70. The minimum Gasteiger partial charge on any atom is -0.357 e. The summed E-state index contributed by atoms with van der Waals surface area (Å²) >= 11 is 0. The predicted molar refractivity (Wildman–Crippen MR) is 91.5 cm³/mol. The molecule has 0 aromatic heterocycles. The van der Waals surface area contributed by atoms with Gasteiger partial charge >= 0.3 is 0 Å². The molecule has 0 aliphatic rings. The van der Waals surface area contributed by atoms with Gasteiger partial charge in [-0.15, -0.1) is 0 Å². The number of hydrogen-bond donors (Lipinski definition) is 2. The maximum Gasteiger partial charge on any atom is 0.191 e. The Morgan fingerprint density at radius 2 is 1.81 bits per heavy atom. The molecule has 21 heavy (non-hydrogen) atoms. The molecule has 1 rings (SSSR count). The smallest absolute Gasteiger partial charge is 0.191 e. The van der Waals surface area contributed by atoms with Crippen LogP contribution in [0.1, 0.15) is 31.9 Å². The van der Waals surface area contributed by atoms with Crippen molar-refractivity contribution in [3.63, 3.8) is 0 Å². The third-order valence-electron chi connectivity index (χ3n) is 3.03. The van der Waals surface area contributed by atoms with Crippen LogP contribution in [0.3, 0.4) is 0 Å². The van der Waals surface area contributed by atoms with Gasteiger partial charge in [0.15, 0.2) is 5.96 Å². The zero-order valence-electron chi connectivity index (χ0n) is 14.1. The lowest BCUT2D eigenvalue weighted by Gasteiger charge is -2.15. The Bertz CT molecular complexity index is 438. The van der Waals surface area contributed by atoms with E-state index >= 15 is 0 Å². The van der Waals surface area contributed by atoms with Gasteiger partial charge in [0, 0.05) is 19.6 Å². The first-order valence-corrected chi connectivity index (χ1v) is 7.76. The predicted octanol–water partition coefficient (Wildman–Crippen LogP) is 2.46. The molecule has 0 fully saturated rings. The van der Waals surface area contributed by atoms with Crippen LogP contribution in [0.4, 0.5) is 0 Å². The van der Waals surface area contributed by atoms with Gasteiger partial charge in [0.1, 0.15) is 0 Å². The van der Waals surface area contributed by atoms with Crippen molar-refractivity contribution in [2.45, 2.75) is 33.9 Å². The summed E-state index contributed by atoms with van der Waals surface area (Å²) in [6, 6.07) is 8.51. The lowest BCUT2D eigenvalue weighted by atomic mass is 10.1. The summed E-state index contributed by atoms with van der Waals surface area (Å²) < 4.78 is 0. The standard InChI is InChI=1S/C17H30N4/c1-6-18-17(19-11-14(2)3)20-12-15-9-7-8-10-16(15)13-21(4)5/h7-10,14H,6,11-13H2,1-5H3,(H2,18,19,20). The monoisotopic (exact) mass is 290 g/mol. The number of guanidine groups is 1. The molecule has 1 aromatic carbocycles. The second-order valence-corrected chi connectivity index (χ2v) is 5.98. The van der Waals surface area contributed by atoms with E-state index in [1.807, 2.05) is 0 Å². The third kappa shape index (κ3) is 7.14. The fraction of sp³-hybridized carbons (Fsp3) is 0.588. The second kappa shape index (κ2) is 9.40. The summed E-state index contributed by atoms with van der Waals surface area (Å²) in [4.78, 5) is 6.88. The average molecular weight is 290 g/mol. The van der Waals surface area contributed by atoms with Crippen LogP contribution >= 0.6 is 0 Å². The summed E-state index contributed by atoms with van der Waals surface area (Å²) in [7, 11) is 4.18. The Kier molecular flexibility index (Phi) is 7.83. The van der Waals surface area contributed by atoms with Gasteiger partial charge in [0.2, 0.25) is 0 Å². The minimum absolute atomic E-state index is 0.606. The number of benzene rings is 1. The van der Waals surface area contributed by atoms with Gasteiger partial charge < -0.3 is 15.5 Å². The number of aliphatic imine (C=N–C) groups is 1. The van der Waals surface area contributed by atoms with Crippen LogP contribution in [0.25, 0.3) is 0 Å². The third-order valence-corrected chi connectivity index (χ3v) is 3.03. The molecule has 0 aliphatic heterocycles. The van der Waals surface area contributed by atoms with Gasteiger partial charge in [0.25, 0.3) is 0 Å². The van der Waals surface area contributed by atoms with E-state index in [2.05, 4.69) is 74.7 Å². The number of hydrogen-bond acceptors (Lipinski definition) is 2. The average Bonchev–Trinajstić information content (AvgIpc) is 2.42. The van der Waals surface area contributed by atoms with Crippen LogP contribution in [0.2, 0.25) is 0 Å². The Morgan fingerprint density at radius 3 is 2.38 bits per heavy atom. The van der Waals surface area contributed by atoms with Crippen LogP contribution < -0.4 is 10.6 Å². The minimum atomic E-state index is 0.606. The SMILES string of the molecule is CCNC(=NCc1ccccc1CN(C)C)NCC(C)C. The largest absolute Gasteiger partial charge is 0.357 e. The van der Waals surface area contributed by atoms with Crippen molar-refractivity contribution in [1.82, 2.24) is 15.5 Å². The van der Waals surface area contributed by atoms with Gasteiger partial charge in [-0.25, -0.2) is 4.99 Å². The van der Waals surface area contributed by atoms with E-state index in [1.165, 1.54) is 11.1 Å². The van der Waals surface area contributed by atoms with Gasteiger partial charge in [-0.3, -0.25) is 0 Å². The highest BCUT2D eigenvalue weighted by atomic mass is 15.2. The Balaban J connectivity index is 2.74. The first-order chi connectivity index (χ1) is 10.0. The molecule has 0 amide bonds. The van der Waals surface area contributed by atoms with Crippen LogP contribution in [0.15, 0.2) is 29.3 Å². The van der Waals surface area contributed by atoms with Crippen LogP contribution in [-0.2, 0) is 13.1 Å². The quantitative estimate of drug-likeness (QED) is 0.598. The topological polar surface area (TPSA) is 39.7 Å². The fourth-order valence-electron chi connectivity index (χ4n) is 2.01. The molecule has 0 spiro atoms. The first kappa shape index (κ1) is 17.5. The van der Waals surface area contributed by atoms with Crippen molar-refractivity contribution in [3.8, 4) is 0 Å².